The third-order valence-electron chi connectivity index (χ3n) is 4.61. The number of urea groups is 1. The minimum atomic E-state index is -1.21. The van der Waals surface area contributed by atoms with E-state index in [2.05, 4.69) is 10.6 Å². The van der Waals surface area contributed by atoms with E-state index in [1.54, 1.807) is 31.2 Å². The van der Waals surface area contributed by atoms with Crippen molar-refractivity contribution in [3.05, 3.63) is 71.0 Å². The number of carbonyl (C=O) groups excluding carboxylic acids is 3. The summed E-state index contributed by atoms with van der Waals surface area (Å²) in [6.07, 6.45) is 0. The van der Waals surface area contributed by atoms with Gasteiger partial charge in [0.05, 0.1) is 0 Å². The Bertz CT molecular complexity index is 880. The molecule has 1 heterocycles. The van der Waals surface area contributed by atoms with Gasteiger partial charge in [0.1, 0.15) is 17.9 Å². The van der Waals surface area contributed by atoms with E-state index in [9.17, 15) is 18.8 Å². The van der Waals surface area contributed by atoms with Crippen molar-refractivity contribution in [1.29, 1.82) is 0 Å². The smallest absolute Gasteiger partial charge is 0.325 e. The van der Waals surface area contributed by atoms with Gasteiger partial charge in [-0.3, -0.25) is 14.5 Å². The lowest BCUT2D eigenvalue weighted by molar-refractivity contribution is -0.134. The molecule has 6 nitrogen and oxygen atoms in total. The predicted octanol–water partition coefficient (Wildman–Crippen LogP) is 2.22. The molecule has 4 amide bonds. The van der Waals surface area contributed by atoms with Gasteiger partial charge < -0.3 is 10.6 Å². The van der Waals surface area contributed by atoms with Crippen molar-refractivity contribution < 1.29 is 18.8 Å². The van der Waals surface area contributed by atoms with E-state index in [0.29, 0.717) is 11.1 Å². The van der Waals surface area contributed by atoms with Crippen LogP contribution in [0.25, 0.3) is 0 Å². The molecule has 0 bridgehead atoms. The van der Waals surface area contributed by atoms with Crippen molar-refractivity contribution in [2.75, 3.05) is 6.54 Å². The van der Waals surface area contributed by atoms with Crippen molar-refractivity contribution in [3.63, 3.8) is 0 Å². The van der Waals surface area contributed by atoms with Crippen LogP contribution in [0.5, 0.6) is 0 Å². The summed E-state index contributed by atoms with van der Waals surface area (Å²) in [6.45, 7) is 3.35. The van der Waals surface area contributed by atoms with Crippen molar-refractivity contribution in [2.24, 2.45) is 0 Å². The fraction of sp³-hybridized carbons (Fsp3) is 0.250. The molecule has 7 heteroatoms. The highest BCUT2D eigenvalue weighted by atomic mass is 19.1. The van der Waals surface area contributed by atoms with E-state index in [-0.39, 0.29) is 18.9 Å². The fourth-order valence-corrected chi connectivity index (χ4v) is 2.93. The van der Waals surface area contributed by atoms with Gasteiger partial charge in [-0.05, 0) is 37.1 Å². The molecular formula is C20H20FN3O3. The molecule has 1 saturated heterocycles. The zero-order valence-corrected chi connectivity index (χ0v) is 15.1. The number of amides is 4. The molecule has 0 aliphatic carbocycles. The maximum Gasteiger partial charge on any atom is 0.325 e. The molecule has 0 aromatic heterocycles. The fourth-order valence-electron chi connectivity index (χ4n) is 2.93. The Balaban J connectivity index is 1.65. The summed E-state index contributed by atoms with van der Waals surface area (Å²) >= 11 is 0. The highest BCUT2D eigenvalue weighted by Gasteiger charge is 2.49. The first kappa shape index (κ1) is 18.6. The second kappa shape index (κ2) is 7.19. The molecule has 0 radical (unpaired) electrons. The lowest BCUT2D eigenvalue weighted by atomic mass is 9.91. The second-order valence-electron chi connectivity index (χ2n) is 6.72. The van der Waals surface area contributed by atoms with Crippen LogP contribution in [-0.4, -0.2) is 29.3 Å². The van der Waals surface area contributed by atoms with Crippen LogP contribution < -0.4 is 10.6 Å². The maximum absolute atomic E-state index is 12.9. The normalized spacial score (nSPS) is 19.1. The van der Waals surface area contributed by atoms with Gasteiger partial charge in [0, 0.05) is 6.54 Å². The SMILES string of the molecule is Cc1ccc(C2(C)NC(=O)N(CC(=O)NCc3ccc(F)cc3)C2=O)cc1. The van der Waals surface area contributed by atoms with E-state index in [0.717, 1.165) is 10.5 Å². The first-order valence-corrected chi connectivity index (χ1v) is 8.52. The van der Waals surface area contributed by atoms with Crippen LogP contribution in [0.2, 0.25) is 0 Å². The monoisotopic (exact) mass is 369 g/mol. The Hall–Kier alpha value is -3.22. The minimum Gasteiger partial charge on any atom is -0.350 e. The molecule has 2 N–H and O–H groups in total. The number of hydrogen-bond acceptors (Lipinski definition) is 3. The number of imide groups is 1. The number of aryl methyl sites for hydroxylation is 1. The highest BCUT2D eigenvalue weighted by molar-refractivity contribution is 6.09. The van der Waals surface area contributed by atoms with E-state index >= 15 is 0 Å². The summed E-state index contributed by atoms with van der Waals surface area (Å²) in [4.78, 5) is 38.1. The van der Waals surface area contributed by atoms with Crippen LogP contribution in [0.4, 0.5) is 9.18 Å². The van der Waals surface area contributed by atoms with E-state index in [4.69, 9.17) is 0 Å². The lowest BCUT2D eigenvalue weighted by Gasteiger charge is -2.22. The number of hydrogen-bond donors (Lipinski definition) is 2. The number of halogens is 1. The molecule has 1 aliphatic heterocycles. The van der Waals surface area contributed by atoms with Gasteiger partial charge >= 0.3 is 6.03 Å². The number of benzene rings is 2. The quantitative estimate of drug-likeness (QED) is 0.794. The van der Waals surface area contributed by atoms with E-state index in [1.165, 1.54) is 12.1 Å². The molecule has 0 saturated carbocycles. The zero-order chi connectivity index (χ0) is 19.6. The Kier molecular flexibility index (Phi) is 4.94. The van der Waals surface area contributed by atoms with Crippen LogP contribution in [0.3, 0.4) is 0 Å². The molecule has 2 aromatic rings. The molecule has 140 valence electrons. The van der Waals surface area contributed by atoms with Crippen molar-refractivity contribution in [2.45, 2.75) is 25.9 Å². The molecule has 0 spiro atoms. The summed E-state index contributed by atoms with van der Waals surface area (Å²) in [6, 6.07) is 12.4. The maximum atomic E-state index is 12.9. The Morgan fingerprint density at radius 1 is 1.11 bits per heavy atom. The molecule has 1 fully saturated rings. The number of carbonyl (C=O) groups is 3. The summed E-state index contributed by atoms with van der Waals surface area (Å²) in [5, 5.41) is 5.29. The molecular weight excluding hydrogens is 349 g/mol. The number of rotatable bonds is 5. The van der Waals surface area contributed by atoms with Crippen LogP contribution in [-0.2, 0) is 21.7 Å². The Labute approximate surface area is 156 Å². The zero-order valence-electron chi connectivity index (χ0n) is 15.1. The summed E-state index contributed by atoms with van der Waals surface area (Å²) < 4.78 is 12.9. The van der Waals surface area contributed by atoms with Crippen molar-refractivity contribution >= 4 is 17.8 Å². The minimum absolute atomic E-state index is 0.179. The number of nitrogens with one attached hydrogen (secondary N) is 2. The summed E-state index contributed by atoms with van der Waals surface area (Å²) in [7, 11) is 0. The van der Waals surface area contributed by atoms with E-state index in [1.807, 2.05) is 19.1 Å². The predicted molar refractivity (Wildman–Crippen MR) is 97.0 cm³/mol. The topological polar surface area (TPSA) is 78.5 Å². The van der Waals surface area contributed by atoms with Crippen molar-refractivity contribution in [3.8, 4) is 0 Å². The van der Waals surface area contributed by atoms with Gasteiger partial charge in [-0.2, -0.15) is 0 Å². The summed E-state index contributed by atoms with van der Waals surface area (Å²) in [5.74, 6) is -1.32. The van der Waals surface area contributed by atoms with Gasteiger partial charge in [0.15, 0.2) is 0 Å². The molecule has 1 unspecified atom stereocenters. The highest BCUT2D eigenvalue weighted by Crippen LogP contribution is 2.28. The Morgan fingerprint density at radius 2 is 1.74 bits per heavy atom. The van der Waals surface area contributed by atoms with Crippen LogP contribution >= 0.6 is 0 Å². The standard InChI is InChI=1S/C20H20FN3O3/c1-13-3-7-15(8-4-13)20(2)18(26)24(19(27)23-20)12-17(25)22-11-14-5-9-16(21)10-6-14/h3-10H,11-12H2,1-2H3,(H,22,25)(H,23,27). The number of nitrogens with zero attached hydrogens (tertiary/aromatic N) is 1. The van der Waals surface area contributed by atoms with Crippen LogP contribution in [0.15, 0.2) is 48.5 Å². The van der Waals surface area contributed by atoms with E-state index < -0.39 is 23.4 Å². The van der Waals surface area contributed by atoms with Gasteiger partial charge in [-0.15, -0.1) is 0 Å². The third-order valence-corrected chi connectivity index (χ3v) is 4.61. The largest absolute Gasteiger partial charge is 0.350 e. The van der Waals surface area contributed by atoms with Gasteiger partial charge in [-0.1, -0.05) is 42.0 Å². The molecule has 2 aromatic carbocycles. The molecule has 1 aliphatic rings. The lowest BCUT2D eigenvalue weighted by Crippen LogP contribution is -2.43. The average molecular weight is 369 g/mol. The summed E-state index contributed by atoms with van der Waals surface area (Å²) in [5.41, 5.74) is 1.20. The van der Waals surface area contributed by atoms with Crippen LogP contribution in [0.1, 0.15) is 23.6 Å². The molecule has 27 heavy (non-hydrogen) atoms. The Morgan fingerprint density at radius 3 is 2.37 bits per heavy atom. The van der Waals surface area contributed by atoms with Gasteiger partial charge in [0.25, 0.3) is 5.91 Å². The van der Waals surface area contributed by atoms with Crippen molar-refractivity contribution in [1.82, 2.24) is 15.5 Å². The third kappa shape index (κ3) is 3.81. The van der Waals surface area contributed by atoms with Gasteiger partial charge in [0.2, 0.25) is 5.91 Å². The second-order valence-corrected chi connectivity index (χ2v) is 6.72. The van der Waals surface area contributed by atoms with Crippen LogP contribution in [0, 0.1) is 12.7 Å². The average Bonchev–Trinajstić information content (AvgIpc) is 2.86. The first-order valence-electron chi connectivity index (χ1n) is 8.52. The van der Waals surface area contributed by atoms with Gasteiger partial charge in [-0.25, -0.2) is 9.18 Å². The first-order chi connectivity index (χ1) is 12.8. The molecule has 1 atom stereocenters. The molecule has 3 rings (SSSR count).